The number of aromatic nitrogens is 2. The first-order valence-electron chi connectivity index (χ1n) is 6.76. The highest BCUT2D eigenvalue weighted by molar-refractivity contribution is 5.68. The zero-order valence-electron chi connectivity index (χ0n) is 11.2. The lowest BCUT2D eigenvalue weighted by Gasteiger charge is -2.37. The third-order valence-electron chi connectivity index (χ3n) is 3.99. The molecule has 1 aliphatic heterocycles. The van der Waals surface area contributed by atoms with E-state index in [2.05, 4.69) is 70.5 Å². The SMILES string of the molecule is CC1(c2ccccn2)Nc2ccccc2-n2cccc21. The number of pyridine rings is 1. The van der Waals surface area contributed by atoms with E-state index in [4.69, 9.17) is 0 Å². The largest absolute Gasteiger partial charge is 0.368 e. The fourth-order valence-electron chi connectivity index (χ4n) is 2.98. The van der Waals surface area contributed by atoms with Crippen LogP contribution in [-0.2, 0) is 5.54 Å². The van der Waals surface area contributed by atoms with Gasteiger partial charge in [0.25, 0.3) is 0 Å². The zero-order chi connectivity index (χ0) is 13.6. The Balaban J connectivity index is 1.98. The first-order chi connectivity index (χ1) is 9.79. The molecule has 98 valence electrons. The molecule has 3 heterocycles. The van der Waals surface area contributed by atoms with E-state index in [1.807, 2.05) is 18.3 Å². The van der Waals surface area contributed by atoms with E-state index in [1.54, 1.807) is 0 Å². The van der Waals surface area contributed by atoms with Crippen molar-refractivity contribution in [1.82, 2.24) is 9.55 Å². The highest BCUT2D eigenvalue weighted by Gasteiger charge is 2.37. The molecule has 1 unspecified atom stereocenters. The monoisotopic (exact) mass is 261 g/mol. The second-order valence-corrected chi connectivity index (χ2v) is 5.25. The van der Waals surface area contributed by atoms with Crippen molar-refractivity contribution in [3.8, 4) is 5.69 Å². The second kappa shape index (κ2) is 3.97. The maximum atomic E-state index is 4.55. The number of fused-ring (bicyclic) bond motifs is 3. The van der Waals surface area contributed by atoms with Gasteiger partial charge in [0.1, 0.15) is 5.54 Å². The van der Waals surface area contributed by atoms with Gasteiger partial charge in [-0.15, -0.1) is 0 Å². The van der Waals surface area contributed by atoms with Crippen LogP contribution in [0, 0.1) is 0 Å². The fraction of sp³-hybridized carbons (Fsp3) is 0.118. The van der Waals surface area contributed by atoms with Crippen molar-refractivity contribution in [3.05, 3.63) is 78.4 Å². The molecule has 0 saturated heterocycles. The molecule has 3 heteroatoms. The van der Waals surface area contributed by atoms with Gasteiger partial charge in [0.05, 0.1) is 22.8 Å². The van der Waals surface area contributed by atoms with E-state index in [0.29, 0.717) is 0 Å². The molecule has 1 N–H and O–H groups in total. The van der Waals surface area contributed by atoms with Gasteiger partial charge in [0.15, 0.2) is 0 Å². The zero-order valence-corrected chi connectivity index (χ0v) is 11.2. The molecule has 2 aromatic heterocycles. The molecule has 1 aromatic carbocycles. The van der Waals surface area contributed by atoms with Crippen molar-refractivity contribution in [2.75, 3.05) is 5.32 Å². The van der Waals surface area contributed by atoms with Crippen molar-refractivity contribution in [2.45, 2.75) is 12.5 Å². The predicted octanol–water partition coefficient (Wildman–Crippen LogP) is 3.56. The number of anilines is 1. The third kappa shape index (κ3) is 1.43. The average molecular weight is 261 g/mol. The Labute approximate surface area is 117 Å². The van der Waals surface area contributed by atoms with Gasteiger partial charge in [-0.05, 0) is 43.3 Å². The summed E-state index contributed by atoms with van der Waals surface area (Å²) in [4.78, 5) is 4.55. The van der Waals surface area contributed by atoms with Gasteiger partial charge in [0, 0.05) is 12.4 Å². The number of para-hydroxylation sites is 2. The minimum absolute atomic E-state index is 0.320. The number of hydrogen-bond donors (Lipinski definition) is 1. The molecular weight excluding hydrogens is 246 g/mol. The van der Waals surface area contributed by atoms with Gasteiger partial charge in [-0.3, -0.25) is 4.98 Å². The van der Waals surface area contributed by atoms with E-state index >= 15 is 0 Å². The molecule has 0 fully saturated rings. The predicted molar refractivity (Wildman–Crippen MR) is 80.1 cm³/mol. The Morgan fingerprint density at radius 1 is 1.00 bits per heavy atom. The van der Waals surface area contributed by atoms with Crippen LogP contribution in [0.2, 0.25) is 0 Å². The molecule has 0 radical (unpaired) electrons. The van der Waals surface area contributed by atoms with E-state index in [9.17, 15) is 0 Å². The van der Waals surface area contributed by atoms with Crippen molar-refractivity contribution >= 4 is 5.69 Å². The van der Waals surface area contributed by atoms with Gasteiger partial charge in [-0.2, -0.15) is 0 Å². The summed E-state index contributed by atoms with van der Waals surface area (Å²) >= 11 is 0. The summed E-state index contributed by atoms with van der Waals surface area (Å²) in [5, 5.41) is 3.65. The molecule has 0 saturated carbocycles. The van der Waals surface area contributed by atoms with Gasteiger partial charge in [-0.1, -0.05) is 18.2 Å². The van der Waals surface area contributed by atoms with Gasteiger partial charge < -0.3 is 9.88 Å². The summed E-state index contributed by atoms with van der Waals surface area (Å²) in [6.45, 7) is 2.18. The summed E-state index contributed by atoms with van der Waals surface area (Å²) < 4.78 is 2.24. The Morgan fingerprint density at radius 3 is 2.70 bits per heavy atom. The molecule has 3 nitrogen and oxygen atoms in total. The summed E-state index contributed by atoms with van der Waals surface area (Å²) in [5.41, 5.74) is 4.22. The lowest BCUT2D eigenvalue weighted by molar-refractivity contribution is 0.584. The second-order valence-electron chi connectivity index (χ2n) is 5.25. The first kappa shape index (κ1) is 11.3. The summed E-state index contributed by atoms with van der Waals surface area (Å²) in [6, 6.07) is 18.6. The van der Waals surface area contributed by atoms with E-state index in [1.165, 1.54) is 11.4 Å². The van der Waals surface area contributed by atoms with Crippen molar-refractivity contribution in [2.24, 2.45) is 0 Å². The smallest absolute Gasteiger partial charge is 0.118 e. The van der Waals surface area contributed by atoms with Crippen molar-refractivity contribution < 1.29 is 0 Å². The van der Waals surface area contributed by atoms with Crippen LogP contribution in [0.3, 0.4) is 0 Å². The molecule has 4 rings (SSSR count). The number of benzene rings is 1. The first-order valence-corrected chi connectivity index (χ1v) is 6.76. The van der Waals surface area contributed by atoms with Crippen LogP contribution in [0.15, 0.2) is 67.0 Å². The fourth-order valence-corrected chi connectivity index (χ4v) is 2.98. The highest BCUT2D eigenvalue weighted by Crippen LogP contribution is 2.40. The van der Waals surface area contributed by atoms with Crippen LogP contribution in [0.25, 0.3) is 5.69 Å². The van der Waals surface area contributed by atoms with E-state index < -0.39 is 0 Å². The maximum absolute atomic E-state index is 4.55. The van der Waals surface area contributed by atoms with E-state index in [-0.39, 0.29) is 5.54 Å². The normalized spacial score (nSPS) is 19.9. The lowest BCUT2D eigenvalue weighted by atomic mass is 9.90. The number of nitrogens with zero attached hydrogens (tertiary/aromatic N) is 2. The van der Waals surface area contributed by atoms with Crippen molar-refractivity contribution in [3.63, 3.8) is 0 Å². The summed E-state index contributed by atoms with van der Waals surface area (Å²) in [7, 11) is 0. The Morgan fingerprint density at radius 2 is 1.85 bits per heavy atom. The Hall–Kier alpha value is -2.55. The third-order valence-corrected chi connectivity index (χ3v) is 3.99. The molecular formula is C17H15N3. The molecule has 1 aliphatic rings. The highest BCUT2D eigenvalue weighted by atomic mass is 15.1. The standard InChI is InChI=1S/C17H15N3/c1-17(15-9-4-5-11-18-15)16-10-6-12-20(16)14-8-3-2-7-13(14)19-17/h2-12,19H,1H3. The summed E-state index contributed by atoms with van der Waals surface area (Å²) in [5.74, 6) is 0. The molecule has 0 bridgehead atoms. The van der Waals surface area contributed by atoms with Crippen LogP contribution in [-0.4, -0.2) is 9.55 Å². The Bertz CT molecular complexity index is 761. The molecule has 0 spiro atoms. The summed E-state index contributed by atoms with van der Waals surface area (Å²) in [6.07, 6.45) is 3.95. The van der Waals surface area contributed by atoms with Gasteiger partial charge >= 0.3 is 0 Å². The minimum atomic E-state index is -0.320. The number of rotatable bonds is 1. The van der Waals surface area contributed by atoms with Crippen molar-refractivity contribution in [1.29, 1.82) is 0 Å². The molecule has 0 aliphatic carbocycles. The van der Waals surface area contributed by atoms with Crippen LogP contribution in [0.4, 0.5) is 5.69 Å². The van der Waals surface area contributed by atoms with Crippen LogP contribution in [0.1, 0.15) is 18.3 Å². The Kier molecular flexibility index (Phi) is 2.24. The molecule has 20 heavy (non-hydrogen) atoms. The van der Waals surface area contributed by atoms with Gasteiger partial charge in [0.2, 0.25) is 0 Å². The maximum Gasteiger partial charge on any atom is 0.118 e. The quantitative estimate of drug-likeness (QED) is 0.726. The van der Waals surface area contributed by atoms with Crippen LogP contribution in [0.5, 0.6) is 0 Å². The topological polar surface area (TPSA) is 29.9 Å². The van der Waals surface area contributed by atoms with Crippen LogP contribution >= 0.6 is 0 Å². The lowest BCUT2D eigenvalue weighted by Crippen LogP contribution is -2.39. The van der Waals surface area contributed by atoms with Crippen LogP contribution < -0.4 is 5.32 Å². The minimum Gasteiger partial charge on any atom is -0.368 e. The molecule has 1 atom stereocenters. The molecule has 0 amide bonds. The van der Waals surface area contributed by atoms with E-state index in [0.717, 1.165) is 11.4 Å². The number of nitrogens with one attached hydrogen (secondary N) is 1. The van der Waals surface area contributed by atoms with Gasteiger partial charge in [-0.25, -0.2) is 0 Å². The number of hydrogen-bond acceptors (Lipinski definition) is 2. The average Bonchev–Trinajstić information content (AvgIpc) is 2.99. The molecule has 3 aromatic rings.